The smallest absolute Gasteiger partial charge is 0.231 e. The van der Waals surface area contributed by atoms with E-state index in [1.54, 1.807) is 0 Å². The topological polar surface area (TPSA) is 55.1 Å². The number of carbonyl (C=O) groups is 1. The molecule has 3 N–H and O–H groups in total. The number of nitrogens with two attached hydrogens (primary N) is 1. The number of carbonyl (C=O) groups excluding carboxylic acids is 1. The fraction of sp³-hybridized carbons (Fsp3) is 0.857. The fourth-order valence-corrected chi connectivity index (χ4v) is 1.06. The van der Waals surface area contributed by atoms with E-state index in [0.717, 1.165) is 18.4 Å². The summed E-state index contributed by atoms with van der Waals surface area (Å²) in [7, 11) is 0. The molecule has 0 saturated heterocycles. The Morgan fingerprint density at radius 3 is 2.80 bits per heavy atom. The normalized spacial score (nSPS) is 30.1. The number of hydrogen-bond acceptors (Lipinski definition) is 2. The molecule has 10 heavy (non-hydrogen) atoms. The van der Waals surface area contributed by atoms with E-state index in [-0.39, 0.29) is 5.91 Å². The van der Waals surface area contributed by atoms with Crippen LogP contribution in [0.1, 0.15) is 13.3 Å². The molecule has 0 bridgehead atoms. The second-order valence-corrected chi connectivity index (χ2v) is 3.07. The van der Waals surface area contributed by atoms with Gasteiger partial charge in [0.15, 0.2) is 0 Å². The van der Waals surface area contributed by atoms with Crippen molar-refractivity contribution in [1.29, 1.82) is 0 Å². The van der Waals surface area contributed by atoms with Gasteiger partial charge in [0.05, 0.1) is 6.54 Å². The first kappa shape index (κ1) is 7.54. The van der Waals surface area contributed by atoms with Gasteiger partial charge in [-0.25, -0.2) is 0 Å². The molecule has 0 radical (unpaired) electrons. The third-order valence-corrected chi connectivity index (χ3v) is 1.98. The van der Waals surface area contributed by atoms with Crippen LogP contribution in [0, 0.1) is 11.8 Å². The van der Waals surface area contributed by atoms with Gasteiger partial charge in [-0.2, -0.15) is 0 Å². The van der Waals surface area contributed by atoms with Crippen molar-refractivity contribution in [2.45, 2.75) is 13.3 Å². The zero-order valence-electron chi connectivity index (χ0n) is 6.26. The predicted molar refractivity (Wildman–Crippen MR) is 39.3 cm³/mol. The van der Waals surface area contributed by atoms with Crippen molar-refractivity contribution in [3.05, 3.63) is 0 Å². The summed E-state index contributed by atoms with van der Waals surface area (Å²) in [6.45, 7) is 3.49. The summed E-state index contributed by atoms with van der Waals surface area (Å²) in [4.78, 5) is 10.2. The molecule has 3 heteroatoms. The Kier molecular flexibility index (Phi) is 2.27. The highest BCUT2D eigenvalue weighted by Gasteiger charge is 2.31. The van der Waals surface area contributed by atoms with E-state index in [2.05, 4.69) is 12.2 Å². The van der Waals surface area contributed by atoms with Gasteiger partial charge < -0.3 is 11.1 Å². The minimum absolute atomic E-state index is 0.270. The van der Waals surface area contributed by atoms with Gasteiger partial charge >= 0.3 is 0 Å². The second kappa shape index (κ2) is 3.01. The molecule has 1 fully saturated rings. The standard InChI is InChI=1S/C7H14N2O/c1-5-2-6(5)3-9-4-7(8)10/h5-6,9H,2-4H2,1H3,(H2,8,10)/t5-,6+/m0/s1. The lowest BCUT2D eigenvalue weighted by Crippen LogP contribution is -2.30. The third kappa shape index (κ3) is 2.35. The first-order chi connectivity index (χ1) is 4.70. The third-order valence-electron chi connectivity index (χ3n) is 1.98. The minimum atomic E-state index is -0.270. The van der Waals surface area contributed by atoms with E-state index in [9.17, 15) is 4.79 Å². The van der Waals surface area contributed by atoms with Gasteiger partial charge in [0.1, 0.15) is 0 Å². The highest BCUT2D eigenvalue weighted by molar-refractivity contribution is 5.75. The summed E-state index contributed by atoms with van der Waals surface area (Å²) < 4.78 is 0. The first-order valence-electron chi connectivity index (χ1n) is 3.69. The number of hydrogen-bond donors (Lipinski definition) is 2. The van der Waals surface area contributed by atoms with Crippen molar-refractivity contribution in [2.24, 2.45) is 17.6 Å². The summed E-state index contributed by atoms with van der Waals surface area (Å²) >= 11 is 0. The van der Waals surface area contributed by atoms with Crippen LogP contribution in [0.15, 0.2) is 0 Å². The molecule has 0 heterocycles. The zero-order chi connectivity index (χ0) is 7.56. The van der Waals surface area contributed by atoms with Crippen molar-refractivity contribution in [2.75, 3.05) is 13.1 Å². The Hall–Kier alpha value is -0.570. The lowest BCUT2D eigenvalue weighted by Gasteiger charge is -1.98. The molecule has 1 aliphatic carbocycles. The summed E-state index contributed by atoms with van der Waals surface area (Å²) in [5.41, 5.74) is 4.93. The van der Waals surface area contributed by atoms with Crippen molar-refractivity contribution in [3.8, 4) is 0 Å². The highest BCUT2D eigenvalue weighted by Crippen LogP contribution is 2.36. The van der Waals surface area contributed by atoms with E-state index in [0.29, 0.717) is 6.54 Å². The molecule has 1 saturated carbocycles. The molecule has 1 aliphatic rings. The van der Waals surface area contributed by atoms with Crippen molar-refractivity contribution >= 4 is 5.91 Å². The lowest BCUT2D eigenvalue weighted by atomic mass is 10.3. The van der Waals surface area contributed by atoms with Gasteiger partial charge in [-0.1, -0.05) is 6.92 Å². The van der Waals surface area contributed by atoms with Gasteiger partial charge in [-0.15, -0.1) is 0 Å². The van der Waals surface area contributed by atoms with E-state index in [1.807, 2.05) is 0 Å². The van der Waals surface area contributed by atoms with Crippen LogP contribution in [0.4, 0.5) is 0 Å². The molecule has 1 rings (SSSR count). The predicted octanol–water partition coefficient (Wildman–Crippen LogP) is -0.283. The number of amides is 1. The second-order valence-electron chi connectivity index (χ2n) is 3.07. The molecule has 0 aromatic carbocycles. The van der Waals surface area contributed by atoms with Crippen molar-refractivity contribution in [3.63, 3.8) is 0 Å². The first-order valence-corrected chi connectivity index (χ1v) is 3.69. The maximum absolute atomic E-state index is 10.2. The number of primary amides is 1. The Morgan fingerprint density at radius 2 is 2.40 bits per heavy atom. The summed E-state index contributed by atoms with van der Waals surface area (Å²) in [5.74, 6) is 1.37. The number of rotatable bonds is 4. The van der Waals surface area contributed by atoms with E-state index in [4.69, 9.17) is 5.73 Å². The van der Waals surface area contributed by atoms with Gasteiger partial charge in [-0.05, 0) is 24.8 Å². The monoisotopic (exact) mass is 142 g/mol. The Morgan fingerprint density at radius 1 is 1.80 bits per heavy atom. The molecule has 0 aliphatic heterocycles. The quantitative estimate of drug-likeness (QED) is 0.567. The minimum Gasteiger partial charge on any atom is -0.369 e. The summed E-state index contributed by atoms with van der Waals surface area (Å²) in [6, 6.07) is 0. The molecule has 2 atom stereocenters. The Bertz CT molecular complexity index is 136. The molecule has 0 aromatic heterocycles. The molecule has 0 aromatic rings. The zero-order valence-corrected chi connectivity index (χ0v) is 6.26. The van der Waals surface area contributed by atoms with Crippen LogP contribution >= 0.6 is 0 Å². The molecule has 58 valence electrons. The fourth-order valence-electron chi connectivity index (χ4n) is 1.06. The van der Waals surface area contributed by atoms with Gasteiger partial charge in [0, 0.05) is 0 Å². The maximum atomic E-state index is 10.2. The van der Waals surface area contributed by atoms with Gasteiger partial charge in [-0.3, -0.25) is 4.79 Å². The molecular formula is C7H14N2O. The van der Waals surface area contributed by atoms with Crippen molar-refractivity contribution in [1.82, 2.24) is 5.32 Å². The van der Waals surface area contributed by atoms with E-state index >= 15 is 0 Å². The Labute approximate surface area is 61.0 Å². The van der Waals surface area contributed by atoms with Crippen LogP contribution in [0.25, 0.3) is 0 Å². The van der Waals surface area contributed by atoms with Gasteiger partial charge in [0.25, 0.3) is 0 Å². The van der Waals surface area contributed by atoms with Crippen LogP contribution < -0.4 is 11.1 Å². The van der Waals surface area contributed by atoms with Crippen LogP contribution in [0.5, 0.6) is 0 Å². The van der Waals surface area contributed by atoms with Crippen molar-refractivity contribution < 1.29 is 4.79 Å². The summed E-state index contributed by atoms with van der Waals surface area (Å²) in [6.07, 6.45) is 1.30. The van der Waals surface area contributed by atoms with Crippen LogP contribution in [0.2, 0.25) is 0 Å². The van der Waals surface area contributed by atoms with Crippen LogP contribution in [-0.4, -0.2) is 19.0 Å². The summed E-state index contributed by atoms with van der Waals surface area (Å²) in [5, 5.41) is 3.00. The van der Waals surface area contributed by atoms with Gasteiger partial charge in [0.2, 0.25) is 5.91 Å². The molecule has 3 nitrogen and oxygen atoms in total. The molecular weight excluding hydrogens is 128 g/mol. The average Bonchev–Trinajstić information content (AvgIpc) is 2.46. The molecule has 0 spiro atoms. The SMILES string of the molecule is C[C@H]1C[C@@H]1CNCC(N)=O. The van der Waals surface area contributed by atoms with Crippen LogP contribution in [0.3, 0.4) is 0 Å². The largest absolute Gasteiger partial charge is 0.369 e. The lowest BCUT2D eigenvalue weighted by molar-refractivity contribution is -0.117. The average molecular weight is 142 g/mol. The van der Waals surface area contributed by atoms with E-state index < -0.39 is 0 Å². The van der Waals surface area contributed by atoms with E-state index in [1.165, 1.54) is 6.42 Å². The molecule has 1 amide bonds. The highest BCUT2D eigenvalue weighted by atomic mass is 16.1. The van der Waals surface area contributed by atoms with Crippen LogP contribution in [-0.2, 0) is 4.79 Å². The maximum Gasteiger partial charge on any atom is 0.231 e. The Balaban J connectivity index is 1.91. The molecule has 0 unspecified atom stereocenters. The number of nitrogens with one attached hydrogen (secondary N) is 1.